The van der Waals surface area contributed by atoms with Crippen LogP contribution in [-0.4, -0.2) is 51.1 Å². The van der Waals surface area contributed by atoms with Crippen molar-refractivity contribution in [1.82, 2.24) is 15.0 Å². The van der Waals surface area contributed by atoms with Crippen molar-refractivity contribution >= 4 is 0 Å². The molecule has 4 rings (SSSR count). The molecule has 0 amide bonds. The summed E-state index contributed by atoms with van der Waals surface area (Å²) < 4.78 is 11.6. The number of aromatic hydroxyl groups is 1. The summed E-state index contributed by atoms with van der Waals surface area (Å²) in [6.45, 7) is 11.8. The van der Waals surface area contributed by atoms with Gasteiger partial charge in [-0.25, -0.2) is 15.0 Å². The van der Waals surface area contributed by atoms with Gasteiger partial charge in [-0.1, -0.05) is 106 Å². The van der Waals surface area contributed by atoms with E-state index in [0.717, 1.165) is 35.1 Å². The highest BCUT2D eigenvalue weighted by atomic mass is 16.5. The zero-order valence-electron chi connectivity index (χ0n) is 29.0. The number of phenolic OH excluding ortho intramolecular Hbond substituents is 1. The maximum absolute atomic E-state index is 11.1. The number of benzene rings is 3. The average Bonchev–Trinajstić information content (AvgIpc) is 3.03. The maximum Gasteiger partial charge on any atom is 0.167 e. The molecule has 252 valence electrons. The van der Waals surface area contributed by atoms with Gasteiger partial charge in [0.05, 0.1) is 24.9 Å². The van der Waals surface area contributed by atoms with Crippen LogP contribution in [-0.2, 0) is 4.74 Å². The van der Waals surface area contributed by atoms with E-state index in [0.29, 0.717) is 55.0 Å². The predicted molar refractivity (Wildman–Crippen MR) is 191 cm³/mol. The van der Waals surface area contributed by atoms with E-state index in [1.54, 1.807) is 12.1 Å². The SMILES string of the molecule is CCCCCCCCCCC(O)COCCCOc1ccc(-c2nc(-c3ccc(C)cc3C)nc(-c3ccc(C)cc3C)n2)c(O)c1. The third-order valence-corrected chi connectivity index (χ3v) is 8.49. The van der Waals surface area contributed by atoms with Crippen LogP contribution >= 0.6 is 0 Å². The summed E-state index contributed by atoms with van der Waals surface area (Å²) in [5, 5.41) is 21.3. The van der Waals surface area contributed by atoms with E-state index in [2.05, 4.69) is 58.9 Å². The Labute approximate surface area is 281 Å². The monoisotopic (exact) mass is 639 g/mol. The molecule has 47 heavy (non-hydrogen) atoms. The standard InChI is InChI=1S/C40H53N3O4/c1-6-7-8-9-10-11-12-13-15-32(44)27-46-22-14-23-47-33-18-21-36(37(45)26-33)40-42-38(34-19-16-28(2)24-30(34)4)41-39(43-40)35-20-17-29(3)25-31(35)5/h16-21,24-26,32,44-45H,6-15,22-23,27H2,1-5H3. The van der Waals surface area contributed by atoms with Crippen molar-refractivity contribution < 1.29 is 19.7 Å². The van der Waals surface area contributed by atoms with Gasteiger partial charge in [0.2, 0.25) is 0 Å². The van der Waals surface area contributed by atoms with Crippen molar-refractivity contribution in [3.8, 4) is 45.7 Å². The molecule has 7 heteroatoms. The van der Waals surface area contributed by atoms with Gasteiger partial charge in [0.1, 0.15) is 11.5 Å². The minimum atomic E-state index is -0.415. The van der Waals surface area contributed by atoms with Gasteiger partial charge in [0.25, 0.3) is 0 Å². The summed E-state index contributed by atoms with van der Waals surface area (Å²) in [6, 6.07) is 17.6. The molecule has 0 aliphatic heterocycles. The van der Waals surface area contributed by atoms with Gasteiger partial charge in [-0.2, -0.15) is 0 Å². The average molecular weight is 640 g/mol. The molecule has 1 heterocycles. The van der Waals surface area contributed by atoms with E-state index in [-0.39, 0.29) is 5.75 Å². The summed E-state index contributed by atoms with van der Waals surface area (Å²) in [5.74, 6) is 2.11. The topological polar surface area (TPSA) is 97.6 Å². The Bertz CT molecular complexity index is 1500. The summed E-state index contributed by atoms with van der Waals surface area (Å²) in [6.07, 6.45) is 11.1. The number of phenols is 1. The Kier molecular flexibility index (Phi) is 14.2. The second kappa shape index (κ2) is 18.5. The fourth-order valence-corrected chi connectivity index (χ4v) is 5.82. The minimum Gasteiger partial charge on any atom is -0.507 e. The Balaban J connectivity index is 1.33. The van der Waals surface area contributed by atoms with Gasteiger partial charge in [0, 0.05) is 30.2 Å². The molecule has 7 nitrogen and oxygen atoms in total. The van der Waals surface area contributed by atoms with E-state index >= 15 is 0 Å². The summed E-state index contributed by atoms with van der Waals surface area (Å²) >= 11 is 0. The van der Waals surface area contributed by atoms with Crippen LogP contribution in [0.25, 0.3) is 34.2 Å². The van der Waals surface area contributed by atoms with E-state index < -0.39 is 6.10 Å². The first-order valence-corrected chi connectivity index (χ1v) is 17.4. The Morgan fingerprint density at radius 2 is 1.15 bits per heavy atom. The lowest BCUT2D eigenvalue weighted by Crippen LogP contribution is -2.16. The molecule has 0 saturated carbocycles. The fraction of sp³-hybridized carbons (Fsp3) is 0.475. The zero-order valence-corrected chi connectivity index (χ0v) is 29.0. The number of rotatable bonds is 19. The number of hydrogen-bond acceptors (Lipinski definition) is 7. The molecule has 0 radical (unpaired) electrons. The molecule has 1 aromatic heterocycles. The summed E-state index contributed by atoms with van der Waals surface area (Å²) in [4.78, 5) is 14.5. The smallest absolute Gasteiger partial charge is 0.167 e. The number of aromatic nitrogens is 3. The van der Waals surface area contributed by atoms with Crippen molar-refractivity contribution in [2.75, 3.05) is 19.8 Å². The van der Waals surface area contributed by atoms with E-state index in [1.807, 2.05) is 18.2 Å². The highest BCUT2D eigenvalue weighted by molar-refractivity contribution is 5.72. The van der Waals surface area contributed by atoms with Crippen molar-refractivity contribution in [3.05, 3.63) is 76.9 Å². The molecule has 0 saturated heterocycles. The van der Waals surface area contributed by atoms with E-state index in [1.165, 1.54) is 56.1 Å². The van der Waals surface area contributed by atoms with E-state index in [4.69, 9.17) is 24.4 Å². The Morgan fingerprint density at radius 1 is 0.617 bits per heavy atom. The minimum absolute atomic E-state index is 0.0344. The first kappa shape index (κ1) is 36.0. The molecule has 3 aromatic carbocycles. The van der Waals surface area contributed by atoms with Gasteiger partial charge in [-0.05, 0) is 57.4 Å². The first-order chi connectivity index (χ1) is 22.7. The van der Waals surface area contributed by atoms with Gasteiger partial charge in [-0.15, -0.1) is 0 Å². The van der Waals surface area contributed by atoms with Gasteiger partial charge in [-0.3, -0.25) is 0 Å². The number of aliphatic hydroxyl groups is 1. The molecule has 0 spiro atoms. The van der Waals surface area contributed by atoms with Crippen LogP contribution in [0.2, 0.25) is 0 Å². The molecule has 0 aliphatic rings. The van der Waals surface area contributed by atoms with Crippen LogP contribution in [0.4, 0.5) is 0 Å². The third kappa shape index (κ3) is 11.1. The molecule has 0 fully saturated rings. The molecule has 1 unspecified atom stereocenters. The molecular formula is C40H53N3O4. The predicted octanol–water partition coefficient (Wildman–Crippen LogP) is 9.49. The Morgan fingerprint density at radius 3 is 1.70 bits per heavy atom. The van der Waals surface area contributed by atoms with Crippen LogP contribution in [0.15, 0.2) is 54.6 Å². The number of nitrogens with zero attached hydrogens (tertiary/aromatic N) is 3. The summed E-state index contributed by atoms with van der Waals surface area (Å²) in [7, 11) is 0. The lowest BCUT2D eigenvalue weighted by Gasteiger charge is -2.13. The van der Waals surface area contributed by atoms with Crippen LogP contribution in [0.1, 0.15) is 93.4 Å². The number of hydrogen-bond donors (Lipinski definition) is 2. The Hall–Kier alpha value is -3.81. The van der Waals surface area contributed by atoms with Crippen LogP contribution in [0.3, 0.4) is 0 Å². The number of aryl methyl sites for hydroxylation is 4. The largest absolute Gasteiger partial charge is 0.507 e. The number of unbranched alkanes of at least 4 members (excludes halogenated alkanes) is 7. The van der Waals surface area contributed by atoms with Crippen molar-refractivity contribution in [2.24, 2.45) is 0 Å². The first-order valence-electron chi connectivity index (χ1n) is 17.4. The van der Waals surface area contributed by atoms with Crippen LogP contribution in [0.5, 0.6) is 11.5 Å². The highest BCUT2D eigenvalue weighted by Gasteiger charge is 2.17. The van der Waals surface area contributed by atoms with Crippen LogP contribution in [0, 0.1) is 27.7 Å². The second-order valence-corrected chi connectivity index (χ2v) is 12.8. The molecular weight excluding hydrogens is 586 g/mol. The quantitative estimate of drug-likeness (QED) is 0.0986. The number of ether oxygens (including phenoxy) is 2. The maximum atomic E-state index is 11.1. The summed E-state index contributed by atoms with van der Waals surface area (Å²) in [5.41, 5.74) is 6.83. The fourth-order valence-electron chi connectivity index (χ4n) is 5.82. The zero-order chi connectivity index (χ0) is 33.6. The van der Waals surface area contributed by atoms with E-state index in [9.17, 15) is 10.2 Å². The molecule has 4 aromatic rings. The number of aliphatic hydroxyl groups excluding tert-OH is 1. The van der Waals surface area contributed by atoms with Crippen molar-refractivity contribution in [2.45, 2.75) is 105 Å². The molecule has 2 N–H and O–H groups in total. The second-order valence-electron chi connectivity index (χ2n) is 12.8. The third-order valence-electron chi connectivity index (χ3n) is 8.49. The van der Waals surface area contributed by atoms with Crippen molar-refractivity contribution in [3.63, 3.8) is 0 Å². The normalized spacial score (nSPS) is 12.0. The molecule has 1 atom stereocenters. The lowest BCUT2D eigenvalue weighted by atomic mass is 10.0. The van der Waals surface area contributed by atoms with Crippen molar-refractivity contribution in [1.29, 1.82) is 0 Å². The van der Waals surface area contributed by atoms with Gasteiger partial charge >= 0.3 is 0 Å². The lowest BCUT2D eigenvalue weighted by molar-refractivity contribution is 0.0271. The molecule has 0 bridgehead atoms. The highest BCUT2D eigenvalue weighted by Crippen LogP contribution is 2.34. The molecule has 0 aliphatic carbocycles. The van der Waals surface area contributed by atoms with Gasteiger partial charge < -0.3 is 19.7 Å². The van der Waals surface area contributed by atoms with Gasteiger partial charge in [0.15, 0.2) is 17.5 Å². The van der Waals surface area contributed by atoms with Crippen LogP contribution < -0.4 is 4.74 Å².